The topological polar surface area (TPSA) is 21.3 Å². The lowest BCUT2D eigenvalue weighted by Gasteiger charge is -2.18. The minimum atomic E-state index is 0.434. The van der Waals surface area contributed by atoms with Crippen molar-refractivity contribution in [2.75, 3.05) is 19.8 Å². The van der Waals surface area contributed by atoms with Crippen LogP contribution in [0.5, 0.6) is 0 Å². The van der Waals surface area contributed by atoms with Gasteiger partial charge in [0.2, 0.25) is 0 Å². The molecule has 0 saturated carbocycles. The molecule has 1 aromatic rings. The van der Waals surface area contributed by atoms with Gasteiger partial charge in [-0.1, -0.05) is 44.2 Å². The summed E-state index contributed by atoms with van der Waals surface area (Å²) in [4.78, 5) is 0. The summed E-state index contributed by atoms with van der Waals surface area (Å²) >= 11 is 0. The zero-order valence-electron chi connectivity index (χ0n) is 11.1. The molecule has 1 N–H and O–H groups in total. The Hall–Kier alpha value is -0.860. The number of benzene rings is 1. The highest BCUT2D eigenvalue weighted by Crippen LogP contribution is 2.04. The van der Waals surface area contributed by atoms with Gasteiger partial charge in [-0.25, -0.2) is 0 Å². The molecular weight excluding hydrogens is 210 g/mol. The minimum absolute atomic E-state index is 0.434. The predicted molar refractivity (Wildman–Crippen MR) is 73.3 cm³/mol. The molecule has 1 rings (SSSR count). The third-order valence-corrected chi connectivity index (χ3v) is 2.68. The van der Waals surface area contributed by atoms with E-state index in [4.69, 9.17) is 4.74 Å². The summed E-state index contributed by atoms with van der Waals surface area (Å²) in [6.45, 7) is 7.07. The van der Waals surface area contributed by atoms with Crippen molar-refractivity contribution in [3.63, 3.8) is 0 Å². The van der Waals surface area contributed by atoms with Crippen molar-refractivity contribution >= 4 is 0 Å². The molecule has 0 bridgehead atoms. The van der Waals surface area contributed by atoms with E-state index in [0.717, 1.165) is 32.6 Å². The molecule has 96 valence electrons. The van der Waals surface area contributed by atoms with Crippen LogP contribution < -0.4 is 5.32 Å². The van der Waals surface area contributed by atoms with Gasteiger partial charge in [-0.05, 0) is 31.4 Å². The molecule has 17 heavy (non-hydrogen) atoms. The van der Waals surface area contributed by atoms with Crippen LogP contribution >= 0.6 is 0 Å². The quantitative estimate of drug-likeness (QED) is 0.664. The second-order valence-corrected chi connectivity index (χ2v) is 4.42. The van der Waals surface area contributed by atoms with E-state index in [0.29, 0.717) is 6.04 Å². The lowest BCUT2D eigenvalue weighted by Crippen LogP contribution is -2.36. The molecule has 1 atom stereocenters. The monoisotopic (exact) mass is 235 g/mol. The number of hydrogen-bond donors (Lipinski definition) is 1. The first-order valence-electron chi connectivity index (χ1n) is 6.71. The van der Waals surface area contributed by atoms with Crippen molar-refractivity contribution in [1.29, 1.82) is 0 Å². The van der Waals surface area contributed by atoms with Crippen LogP contribution in [0.1, 0.15) is 32.3 Å². The smallest absolute Gasteiger partial charge is 0.0622 e. The van der Waals surface area contributed by atoms with Crippen LogP contribution in [0.2, 0.25) is 0 Å². The molecule has 1 aromatic carbocycles. The SMILES string of the molecule is CCCNC(COCCC)Cc1ccccc1. The van der Waals surface area contributed by atoms with E-state index in [9.17, 15) is 0 Å². The Labute approximate surface area is 105 Å². The van der Waals surface area contributed by atoms with Crippen molar-refractivity contribution in [1.82, 2.24) is 5.32 Å². The van der Waals surface area contributed by atoms with Crippen molar-refractivity contribution in [2.45, 2.75) is 39.2 Å². The van der Waals surface area contributed by atoms with Crippen LogP contribution in [0.25, 0.3) is 0 Å². The molecule has 2 nitrogen and oxygen atoms in total. The van der Waals surface area contributed by atoms with Gasteiger partial charge in [-0.2, -0.15) is 0 Å². The van der Waals surface area contributed by atoms with E-state index in [1.807, 2.05) is 0 Å². The Morgan fingerprint density at radius 2 is 1.88 bits per heavy atom. The number of hydrogen-bond acceptors (Lipinski definition) is 2. The molecule has 0 aliphatic rings. The molecule has 0 saturated heterocycles. The summed E-state index contributed by atoms with van der Waals surface area (Å²) in [6, 6.07) is 11.0. The normalized spacial score (nSPS) is 12.6. The molecule has 2 heteroatoms. The summed E-state index contributed by atoms with van der Waals surface area (Å²) in [7, 11) is 0. The number of rotatable bonds is 9. The maximum atomic E-state index is 5.65. The zero-order chi connectivity index (χ0) is 12.3. The van der Waals surface area contributed by atoms with E-state index >= 15 is 0 Å². The van der Waals surface area contributed by atoms with Gasteiger partial charge < -0.3 is 10.1 Å². The summed E-state index contributed by atoms with van der Waals surface area (Å²) < 4.78 is 5.65. The van der Waals surface area contributed by atoms with Crippen molar-refractivity contribution < 1.29 is 4.74 Å². The fourth-order valence-corrected chi connectivity index (χ4v) is 1.81. The average Bonchev–Trinajstić information content (AvgIpc) is 2.37. The lowest BCUT2D eigenvalue weighted by atomic mass is 10.1. The fraction of sp³-hybridized carbons (Fsp3) is 0.600. The molecular formula is C15H25NO. The molecule has 1 unspecified atom stereocenters. The maximum absolute atomic E-state index is 5.65. The fourth-order valence-electron chi connectivity index (χ4n) is 1.81. The maximum Gasteiger partial charge on any atom is 0.0622 e. The Kier molecular flexibility index (Phi) is 7.69. The molecule has 0 amide bonds. The third kappa shape index (κ3) is 6.44. The van der Waals surface area contributed by atoms with E-state index < -0.39 is 0 Å². The van der Waals surface area contributed by atoms with Crippen LogP contribution in [0.4, 0.5) is 0 Å². The van der Waals surface area contributed by atoms with Crippen LogP contribution in [0, 0.1) is 0 Å². The number of nitrogens with one attached hydrogen (secondary N) is 1. The van der Waals surface area contributed by atoms with Gasteiger partial charge in [0.1, 0.15) is 0 Å². The Morgan fingerprint density at radius 1 is 1.12 bits per heavy atom. The second-order valence-electron chi connectivity index (χ2n) is 4.42. The largest absolute Gasteiger partial charge is 0.380 e. The van der Waals surface area contributed by atoms with Gasteiger partial charge in [-0.3, -0.25) is 0 Å². The molecule has 0 aromatic heterocycles. The average molecular weight is 235 g/mol. The molecule has 0 aliphatic carbocycles. The molecule has 0 fully saturated rings. The second kappa shape index (κ2) is 9.20. The highest BCUT2D eigenvalue weighted by Gasteiger charge is 2.08. The van der Waals surface area contributed by atoms with Gasteiger partial charge in [0, 0.05) is 12.6 Å². The van der Waals surface area contributed by atoms with Crippen LogP contribution in [-0.4, -0.2) is 25.8 Å². The van der Waals surface area contributed by atoms with E-state index in [1.54, 1.807) is 0 Å². The highest BCUT2D eigenvalue weighted by molar-refractivity contribution is 5.15. The highest BCUT2D eigenvalue weighted by atomic mass is 16.5. The van der Waals surface area contributed by atoms with Gasteiger partial charge in [0.05, 0.1) is 6.61 Å². The van der Waals surface area contributed by atoms with Crippen molar-refractivity contribution in [3.8, 4) is 0 Å². The molecule has 0 spiro atoms. The van der Waals surface area contributed by atoms with Gasteiger partial charge in [0.25, 0.3) is 0 Å². The summed E-state index contributed by atoms with van der Waals surface area (Å²) in [5.41, 5.74) is 1.38. The van der Waals surface area contributed by atoms with Crippen LogP contribution in [0.3, 0.4) is 0 Å². The van der Waals surface area contributed by atoms with Gasteiger partial charge in [0.15, 0.2) is 0 Å². The first-order valence-corrected chi connectivity index (χ1v) is 6.71. The Balaban J connectivity index is 2.39. The summed E-state index contributed by atoms with van der Waals surface area (Å²) in [6.07, 6.45) is 3.30. The lowest BCUT2D eigenvalue weighted by molar-refractivity contribution is 0.112. The third-order valence-electron chi connectivity index (χ3n) is 2.68. The minimum Gasteiger partial charge on any atom is -0.380 e. The van der Waals surface area contributed by atoms with Crippen LogP contribution in [-0.2, 0) is 11.2 Å². The Morgan fingerprint density at radius 3 is 2.53 bits per heavy atom. The Bertz CT molecular complexity index is 274. The first-order chi connectivity index (χ1) is 8.36. The molecule has 0 radical (unpaired) electrons. The van der Waals surface area contributed by atoms with Gasteiger partial charge >= 0.3 is 0 Å². The van der Waals surface area contributed by atoms with E-state index in [-0.39, 0.29) is 0 Å². The summed E-state index contributed by atoms with van der Waals surface area (Å²) in [5.74, 6) is 0. The number of ether oxygens (including phenoxy) is 1. The summed E-state index contributed by atoms with van der Waals surface area (Å²) in [5, 5.41) is 3.55. The predicted octanol–water partition coefficient (Wildman–Crippen LogP) is 3.02. The molecule has 0 heterocycles. The van der Waals surface area contributed by atoms with Crippen molar-refractivity contribution in [3.05, 3.63) is 35.9 Å². The first kappa shape index (κ1) is 14.2. The van der Waals surface area contributed by atoms with Crippen molar-refractivity contribution in [2.24, 2.45) is 0 Å². The van der Waals surface area contributed by atoms with E-state index in [2.05, 4.69) is 49.5 Å². The standard InChI is InChI=1S/C15H25NO/c1-3-10-16-15(13-17-11-4-2)12-14-8-6-5-7-9-14/h5-9,15-16H,3-4,10-13H2,1-2H3. The molecule has 0 aliphatic heterocycles. The van der Waals surface area contributed by atoms with E-state index in [1.165, 1.54) is 12.0 Å². The zero-order valence-corrected chi connectivity index (χ0v) is 11.1. The van der Waals surface area contributed by atoms with Crippen LogP contribution in [0.15, 0.2) is 30.3 Å². The van der Waals surface area contributed by atoms with Gasteiger partial charge in [-0.15, -0.1) is 0 Å².